The molecule has 1 amide bonds. The fraction of sp³-hybridized carbons (Fsp3) is 0.640. The molecule has 0 spiro atoms. The van der Waals surface area contributed by atoms with Crippen LogP contribution >= 0.6 is 0 Å². The summed E-state index contributed by atoms with van der Waals surface area (Å²) in [6.45, 7) is 8.26. The van der Waals surface area contributed by atoms with E-state index >= 15 is 0 Å². The van der Waals surface area contributed by atoms with Gasteiger partial charge in [0.2, 0.25) is 0 Å². The van der Waals surface area contributed by atoms with Gasteiger partial charge in [-0.3, -0.25) is 4.79 Å². The van der Waals surface area contributed by atoms with Gasteiger partial charge in [0.1, 0.15) is 11.4 Å². The summed E-state index contributed by atoms with van der Waals surface area (Å²) in [5, 5.41) is 11.1. The molecule has 3 rings (SSSR count). The van der Waals surface area contributed by atoms with Crippen LogP contribution in [0.3, 0.4) is 0 Å². The Labute approximate surface area is 206 Å². The minimum Gasteiger partial charge on any atom is -0.489 e. The first kappa shape index (κ1) is 26.4. The maximum Gasteiger partial charge on any atom is 0.407 e. The number of ether oxygens (including phenoxy) is 3. The molecule has 10 nitrogen and oxygen atoms in total. The number of hydrogen-bond donors (Lipinski definition) is 1. The zero-order valence-corrected chi connectivity index (χ0v) is 21.4. The van der Waals surface area contributed by atoms with Crippen molar-refractivity contribution in [2.45, 2.75) is 85.0 Å². The van der Waals surface area contributed by atoms with Crippen LogP contribution < -0.4 is 10.1 Å². The highest BCUT2D eigenvalue weighted by atomic mass is 16.5. The Morgan fingerprint density at radius 2 is 2.06 bits per heavy atom. The molecular weight excluding hydrogens is 450 g/mol. The van der Waals surface area contributed by atoms with E-state index in [1.807, 2.05) is 39.8 Å². The molecule has 0 radical (unpaired) electrons. The molecule has 0 aromatic carbocycles. The van der Waals surface area contributed by atoms with E-state index in [4.69, 9.17) is 14.2 Å². The van der Waals surface area contributed by atoms with Crippen molar-refractivity contribution in [3.63, 3.8) is 0 Å². The predicted octanol–water partition coefficient (Wildman–Crippen LogP) is 4.10. The van der Waals surface area contributed by atoms with Crippen LogP contribution in [0, 0.1) is 12.8 Å². The molecule has 2 aromatic rings. The van der Waals surface area contributed by atoms with E-state index in [1.165, 1.54) is 0 Å². The lowest BCUT2D eigenvalue weighted by atomic mass is 9.87. The van der Waals surface area contributed by atoms with E-state index in [9.17, 15) is 9.59 Å². The second-order valence-electron chi connectivity index (χ2n) is 9.22. The number of nitrogens with zero attached hydrogens (tertiary/aromatic N) is 4. The topological polar surface area (TPSA) is 117 Å². The van der Waals surface area contributed by atoms with Gasteiger partial charge in [0, 0.05) is 7.05 Å². The summed E-state index contributed by atoms with van der Waals surface area (Å²) in [5.74, 6) is 0.406. The Morgan fingerprint density at radius 3 is 2.77 bits per heavy atom. The second kappa shape index (κ2) is 12.5. The molecule has 35 heavy (non-hydrogen) atoms. The Morgan fingerprint density at radius 1 is 1.26 bits per heavy atom. The monoisotopic (exact) mass is 487 g/mol. The summed E-state index contributed by atoms with van der Waals surface area (Å²) >= 11 is 0. The highest BCUT2D eigenvalue weighted by Crippen LogP contribution is 2.31. The van der Waals surface area contributed by atoms with Gasteiger partial charge in [-0.2, -0.15) is 0 Å². The van der Waals surface area contributed by atoms with Gasteiger partial charge in [0.25, 0.3) is 0 Å². The quantitative estimate of drug-likeness (QED) is 0.393. The van der Waals surface area contributed by atoms with Crippen LogP contribution in [0.25, 0.3) is 11.4 Å². The van der Waals surface area contributed by atoms with Crippen LogP contribution in [0.1, 0.15) is 70.7 Å². The number of pyridine rings is 1. The number of aromatic nitrogens is 4. The summed E-state index contributed by atoms with van der Waals surface area (Å²) in [5.41, 5.74) is 2.67. The van der Waals surface area contributed by atoms with Crippen LogP contribution in [-0.4, -0.2) is 50.9 Å². The van der Waals surface area contributed by atoms with Crippen molar-refractivity contribution in [3.05, 3.63) is 23.5 Å². The number of hydrogen-bond acceptors (Lipinski definition) is 8. The van der Waals surface area contributed by atoms with Crippen molar-refractivity contribution in [2.75, 3.05) is 6.61 Å². The standard InChI is InChI=1S/C25H37N5O5/c1-6-7-13-33-25(32)26-15-21-23(28-29-30(21)5)20-11-12-22(17(4)27-20)35-19-10-8-9-18(14-19)24(31)34-16(2)3/h11-12,16,18-19H,6-10,13-15H2,1-5H3,(H,26,32)/t18-,19-/m0/s1. The fourth-order valence-corrected chi connectivity index (χ4v) is 4.07. The van der Waals surface area contributed by atoms with Crippen LogP contribution in [0.2, 0.25) is 0 Å². The lowest BCUT2D eigenvalue weighted by molar-refractivity contribution is -0.154. The molecule has 0 aliphatic heterocycles. The van der Waals surface area contributed by atoms with Gasteiger partial charge < -0.3 is 19.5 Å². The number of carbonyl (C=O) groups is 2. The summed E-state index contributed by atoms with van der Waals surface area (Å²) in [6, 6.07) is 3.71. The first-order valence-corrected chi connectivity index (χ1v) is 12.4. The molecular formula is C25H37N5O5. The van der Waals surface area contributed by atoms with Gasteiger partial charge >= 0.3 is 12.1 Å². The summed E-state index contributed by atoms with van der Waals surface area (Å²) < 4.78 is 18.4. The minimum atomic E-state index is -0.471. The molecule has 10 heteroatoms. The van der Waals surface area contributed by atoms with Gasteiger partial charge in [-0.15, -0.1) is 5.10 Å². The number of nitrogens with one attached hydrogen (secondary N) is 1. The number of unbranched alkanes of at least 4 members (excludes halogenated alkanes) is 1. The fourth-order valence-electron chi connectivity index (χ4n) is 4.07. The Bertz CT molecular complexity index is 1010. The zero-order valence-electron chi connectivity index (χ0n) is 21.4. The predicted molar refractivity (Wildman–Crippen MR) is 130 cm³/mol. The molecule has 1 aliphatic rings. The molecule has 2 aromatic heterocycles. The van der Waals surface area contributed by atoms with E-state index < -0.39 is 6.09 Å². The number of alkyl carbamates (subject to hydrolysis) is 1. The van der Waals surface area contributed by atoms with Crippen molar-refractivity contribution in [2.24, 2.45) is 13.0 Å². The summed E-state index contributed by atoms with van der Waals surface area (Å²) in [7, 11) is 1.77. The molecule has 1 saturated carbocycles. The molecule has 1 aliphatic carbocycles. The third-order valence-corrected chi connectivity index (χ3v) is 5.96. The average molecular weight is 488 g/mol. The maximum absolute atomic E-state index is 12.3. The number of aryl methyl sites for hydroxylation is 2. The summed E-state index contributed by atoms with van der Waals surface area (Å²) in [4.78, 5) is 29.0. The molecule has 0 saturated heterocycles. The minimum absolute atomic E-state index is 0.0604. The zero-order chi connectivity index (χ0) is 25.4. The molecule has 0 bridgehead atoms. The van der Waals surface area contributed by atoms with Gasteiger partial charge in [0.15, 0.2) is 0 Å². The molecule has 0 unspecified atom stereocenters. The molecule has 192 valence electrons. The van der Waals surface area contributed by atoms with Crippen molar-refractivity contribution in [1.29, 1.82) is 0 Å². The number of amides is 1. The van der Waals surface area contributed by atoms with Crippen LogP contribution in [0.15, 0.2) is 12.1 Å². The van der Waals surface area contributed by atoms with E-state index in [-0.39, 0.29) is 30.6 Å². The van der Waals surface area contributed by atoms with Gasteiger partial charge in [-0.25, -0.2) is 14.5 Å². The summed E-state index contributed by atoms with van der Waals surface area (Å²) in [6.07, 6.45) is 4.42. The Hall–Kier alpha value is -3.17. The van der Waals surface area contributed by atoms with Crippen molar-refractivity contribution in [1.82, 2.24) is 25.3 Å². The lowest BCUT2D eigenvalue weighted by Gasteiger charge is -2.29. The number of carbonyl (C=O) groups excluding carboxylic acids is 2. The SMILES string of the molecule is CCCCOC(=O)NCc1c(-c2ccc(O[C@H]3CCC[C@H](C(=O)OC(C)C)C3)c(C)n2)nnn1C. The van der Waals surface area contributed by atoms with Crippen LogP contribution in [-0.2, 0) is 27.9 Å². The van der Waals surface area contributed by atoms with Crippen LogP contribution in [0.4, 0.5) is 4.79 Å². The number of rotatable bonds is 10. The highest BCUT2D eigenvalue weighted by Gasteiger charge is 2.30. The van der Waals surface area contributed by atoms with Gasteiger partial charge in [-0.05, 0) is 65.0 Å². The van der Waals surface area contributed by atoms with Crippen molar-refractivity contribution < 1.29 is 23.8 Å². The third kappa shape index (κ3) is 7.40. The number of esters is 1. The van der Waals surface area contributed by atoms with Crippen molar-refractivity contribution >= 4 is 12.1 Å². The molecule has 2 heterocycles. The van der Waals surface area contributed by atoms with E-state index in [2.05, 4.69) is 20.6 Å². The van der Waals surface area contributed by atoms with Gasteiger partial charge in [0.05, 0.1) is 48.4 Å². The van der Waals surface area contributed by atoms with Crippen molar-refractivity contribution in [3.8, 4) is 17.1 Å². The van der Waals surface area contributed by atoms with E-state index in [0.29, 0.717) is 30.2 Å². The van der Waals surface area contributed by atoms with Crippen LogP contribution in [0.5, 0.6) is 5.75 Å². The second-order valence-corrected chi connectivity index (χ2v) is 9.22. The van der Waals surface area contributed by atoms with E-state index in [0.717, 1.165) is 43.5 Å². The Balaban J connectivity index is 1.64. The maximum atomic E-state index is 12.3. The smallest absolute Gasteiger partial charge is 0.407 e. The average Bonchev–Trinajstić information content (AvgIpc) is 3.19. The first-order chi connectivity index (χ1) is 16.8. The molecule has 1 N–H and O–H groups in total. The molecule has 1 fully saturated rings. The third-order valence-electron chi connectivity index (χ3n) is 5.96. The molecule has 2 atom stereocenters. The Kier molecular flexibility index (Phi) is 9.45. The highest BCUT2D eigenvalue weighted by molar-refractivity contribution is 5.72. The van der Waals surface area contributed by atoms with Gasteiger partial charge in [-0.1, -0.05) is 18.6 Å². The normalized spacial score (nSPS) is 17.8. The van der Waals surface area contributed by atoms with E-state index in [1.54, 1.807) is 11.7 Å². The first-order valence-electron chi connectivity index (χ1n) is 12.4. The largest absolute Gasteiger partial charge is 0.489 e. The lowest BCUT2D eigenvalue weighted by Crippen LogP contribution is -2.31.